The van der Waals surface area contributed by atoms with Crippen molar-refractivity contribution in [1.82, 2.24) is 0 Å². The van der Waals surface area contributed by atoms with E-state index in [0.29, 0.717) is 5.56 Å². The van der Waals surface area contributed by atoms with Crippen molar-refractivity contribution in [1.29, 1.82) is 5.41 Å². The summed E-state index contributed by atoms with van der Waals surface area (Å²) < 4.78 is 18.5. The summed E-state index contributed by atoms with van der Waals surface area (Å²) in [5.74, 6) is -0.366. The molecule has 3 nitrogen and oxygen atoms in total. The van der Waals surface area contributed by atoms with E-state index in [-0.39, 0.29) is 17.5 Å². The first kappa shape index (κ1) is 10.5. The van der Waals surface area contributed by atoms with E-state index in [2.05, 4.69) is 0 Å². The van der Waals surface area contributed by atoms with Crippen LogP contribution in [0.25, 0.3) is 0 Å². The van der Waals surface area contributed by atoms with Crippen molar-refractivity contribution in [3.05, 3.63) is 23.5 Å². The second-order valence-electron chi connectivity index (χ2n) is 3.22. The van der Waals surface area contributed by atoms with E-state index < -0.39 is 5.82 Å². The van der Waals surface area contributed by atoms with Crippen LogP contribution in [-0.2, 0) is 0 Å². The highest BCUT2D eigenvalue weighted by Gasteiger charge is 2.08. The van der Waals surface area contributed by atoms with Crippen LogP contribution in [0, 0.1) is 11.2 Å². The van der Waals surface area contributed by atoms with Crippen molar-refractivity contribution in [2.75, 3.05) is 5.73 Å². The first-order valence-corrected chi connectivity index (χ1v) is 4.30. The third-order valence-corrected chi connectivity index (χ3v) is 1.66. The molecule has 4 heteroatoms. The van der Waals surface area contributed by atoms with Gasteiger partial charge in [-0.3, -0.25) is 0 Å². The van der Waals surface area contributed by atoms with Crippen LogP contribution in [0.2, 0.25) is 0 Å². The second-order valence-corrected chi connectivity index (χ2v) is 3.22. The number of hydrogen-bond donors (Lipinski definition) is 2. The summed E-state index contributed by atoms with van der Waals surface area (Å²) in [5, 5.41) is 7.05. The third-order valence-electron chi connectivity index (χ3n) is 1.66. The van der Waals surface area contributed by atoms with Crippen LogP contribution in [0.4, 0.5) is 10.1 Å². The Balaban J connectivity index is 3.10. The normalized spacial score (nSPS) is 10.3. The van der Waals surface area contributed by atoms with Crippen molar-refractivity contribution in [2.24, 2.45) is 0 Å². The molecular formula is C10H13FN2O. The lowest BCUT2D eigenvalue weighted by Crippen LogP contribution is -2.08. The molecule has 1 aromatic rings. The van der Waals surface area contributed by atoms with Crippen LogP contribution in [0.3, 0.4) is 0 Å². The maximum absolute atomic E-state index is 13.2. The standard InChI is InChI=1S/C10H13FN2O/c1-6(2)14-10-3-7(5-12)9(13)4-8(10)11/h3-6,12H,13H2,1-2H3. The molecule has 0 fully saturated rings. The second kappa shape index (κ2) is 4.09. The van der Waals surface area contributed by atoms with Gasteiger partial charge in [0.2, 0.25) is 0 Å². The van der Waals surface area contributed by atoms with Crippen LogP contribution >= 0.6 is 0 Å². The van der Waals surface area contributed by atoms with Crippen molar-refractivity contribution in [3.8, 4) is 5.75 Å². The molecule has 0 radical (unpaired) electrons. The largest absolute Gasteiger partial charge is 0.488 e. The maximum atomic E-state index is 13.2. The molecule has 0 aliphatic rings. The molecule has 0 spiro atoms. The lowest BCUT2D eigenvalue weighted by molar-refractivity contribution is 0.231. The van der Waals surface area contributed by atoms with E-state index in [1.165, 1.54) is 6.07 Å². The molecule has 14 heavy (non-hydrogen) atoms. The van der Waals surface area contributed by atoms with Gasteiger partial charge in [0.15, 0.2) is 11.6 Å². The minimum Gasteiger partial charge on any atom is -0.488 e. The van der Waals surface area contributed by atoms with Crippen LogP contribution in [0.15, 0.2) is 12.1 Å². The Bertz CT molecular complexity index is 350. The van der Waals surface area contributed by atoms with Gasteiger partial charge in [0.25, 0.3) is 0 Å². The first-order valence-electron chi connectivity index (χ1n) is 4.30. The number of halogens is 1. The first-order chi connectivity index (χ1) is 6.54. The summed E-state index contributed by atoms with van der Waals surface area (Å²) in [6.07, 6.45) is 0.966. The molecule has 76 valence electrons. The van der Waals surface area contributed by atoms with E-state index in [4.69, 9.17) is 15.9 Å². The monoisotopic (exact) mass is 196 g/mol. The predicted molar refractivity (Wildman–Crippen MR) is 54.5 cm³/mol. The van der Waals surface area contributed by atoms with Crippen LogP contribution in [-0.4, -0.2) is 12.3 Å². The molecule has 1 aromatic carbocycles. The third kappa shape index (κ3) is 2.22. The predicted octanol–water partition coefficient (Wildman–Crippen LogP) is 2.19. The molecule has 0 unspecified atom stereocenters. The summed E-state index contributed by atoms with van der Waals surface area (Å²) in [7, 11) is 0. The molecule has 0 saturated carbocycles. The zero-order chi connectivity index (χ0) is 10.7. The van der Waals surface area contributed by atoms with Crippen molar-refractivity contribution in [3.63, 3.8) is 0 Å². The minimum absolute atomic E-state index is 0.105. The lowest BCUT2D eigenvalue weighted by atomic mass is 10.2. The number of rotatable bonds is 3. The molecule has 0 aliphatic heterocycles. The van der Waals surface area contributed by atoms with Gasteiger partial charge in [0, 0.05) is 23.5 Å². The average molecular weight is 196 g/mol. The molecule has 0 atom stereocenters. The van der Waals surface area contributed by atoms with Crippen LogP contribution in [0.5, 0.6) is 5.75 Å². The van der Waals surface area contributed by atoms with Gasteiger partial charge in [0.05, 0.1) is 6.10 Å². The minimum atomic E-state index is -0.498. The molecule has 0 amide bonds. The lowest BCUT2D eigenvalue weighted by Gasteiger charge is -2.12. The zero-order valence-electron chi connectivity index (χ0n) is 8.17. The summed E-state index contributed by atoms with van der Waals surface area (Å²) in [4.78, 5) is 0. The number of nitrogens with two attached hydrogens (primary N) is 1. The van der Waals surface area contributed by atoms with Crippen molar-refractivity contribution >= 4 is 11.9 Å². The van der Waals surface area contributed by atoms with Gasteiger partial charge < -0.3 is 15.9 Å². The van der Waals surface area contributed by atoms with Gasteiger partial charge in [-0.1, -0.05) is 0 Å². The molecule has 3 N–H and O–H groups in total. The summed E-state index contributed by atoms with van der Waals surface area (Å²) in [6.45, 7) is 3.61. The fourth-order valence-corrected chi connectivity index (χ4v) is 1.05. The topological polar surface area (TPSA) is 59.1 Å². The quantitative estimate of drug-likeness (QED) is 0.575. The highest BCUT2D eigenvalue weighted by Crippen LogP contribution is 2.23. The smallest absolute Gasteiger partial charge is 0.167 e. The van der Waals surface area contributed by atoms with E-state index in [9.17, 15) is 4.39 Å². The summed E-state index contributed by atoms with van der Waals surface area (Å²) in [5.41, 5.74) is 6.19. The maximum Gasteiger partial charge on any atom is 0.167 e. The molecular weight excluding hydrogens is 183 g/mol. The van der Waals surface area contributed by atoms with E-state index in [1.807, 2.05) is 0 Å². The Morgan fingerprint density at radius 3 is 2.64 bits per heavy atom. The summed E-state index contributed by atoms with van der Waals surface area (Å²) >= 11 is 0. The molecule has 0 heterocycles. The van der Waals surface area contributed by atoms with E-state index in [0.717, 1.165) is 12.3 Å². The average Bonchev–Trinajstić information content (AvgIpc) is 2.09. The molecule has 0 bridgehead atoms. The SMILES string of the molecule is CC(C)Oc1cc(C=N)c(N)cc1F. The van der Waals surface area contributed by atoms with E-state index >= 15 is 0 Å². The Morgan fingerprint density at radius 1 is 1.50 bits per heavy atom. The Hall–Kier alpha value is -1.58. The zero-order valence-corrected chi connectivity index (χ0v) is 8.17. The van der Waals surface area contributed by atoms with Gasteiger partial charge in [0.1, 0.15) is 0 Å². The van der Waals surface area contributed by atoms with Crippen molar-refractivity contribution in [2.45, 2.75) is 20.0 Å². The fourth-order valence-electron chi connectivity index (χ4n) is 1.05. The van der Waals surface area contributed by atoms with Gasteiger partial charge >= 0.3 is 0 Å². The Morgan fingerprint density at radius 2 is 2.14 bits per heavy atom. The van der Waals surface area contributed by atoms with Gasteiger partial charge in [-0.2, -0.15) is 0 Å². The molecule has 0 saturated heterocycles. The molecule has 1 rings (SSSR count). The number of benzene rings is 1. The van der Waals surface area contributed by atoms with Crippen LogP contribution in [0.1, 0.15) is 19.4 Å². The number of nitrogens with one attached hydrogen (secondary N) is 1. The number of anilines is 1. The highest BCUT2D eigenvalue weighted by molar-refractivity contribution is 5.85. The molecule has 0 aliphatic carbocycles. The number of hydrogen-bond acceptors (Lipinski definition) is 3. The van der Waals surface area contributed by atoms with Crippen molar-refractivity contribution < 1.29 is 9.13 Å². The fraction of sp³-hybridized carbons (Fsp3) is 0.300. The number of nitrogen functional groups attached to an aromatic ring is 1. The van der Waals surface area contributed by atoms with Gasteiger partial charge in [-0.15, -0.1) is 0 Å². The number of ether oxygens (including phenoxy) is 1. The Kier molecular flexibility index (Phi) is 3.06. The van der Waals surface area contributed by atoms with Crippen LogP contribution < -0.4 is 10.5 Å². The van der Waals surface area contributed by atoms with E-state index in [1.54, 1.807) is 13.8 Å². The highest BCUT2D eigenvalue weighted by atomic mass is 19.1. The van der Waals surface area contributed by atoms with Gasteiger partial charge in [-0.05, 0) is 19.9 Å². The van der Waals surface area contributed by atoms with Gasteiger partial charge in [-0.25, -0.2) is 4.39 Å². The Labute approximate surface area is 82.2 Å². The molecule has 0 aromatic heterocycles. The summed E-state index contributed by atoms with van der Waals surface area (Å²) in [6, 6.07) is 2.59.